The van der Waals surface area contributed by atoms with Crippen LogP contribution in [0.2, 0.25) is 0 Å². The first kappa shape index (κ1) is 15.6. The number of hydrogen-bond acceptors (Lipinski definition) is 2. The molecule has 0 atom stereocenters. The zero-order valence-corrected chi connectivity index (χ0v) is 12.7. The molecule has 0 saturated carbocycles. The lowest BCUT2D eigenvalue weighted by molar-refractivity contribution is -0.137. The molecule has 0 aliphatic carbocycles. The van der Waals surface area contributed by atoms with Gasteiger partial charge in [0.1, 0.15) is 0 Å². The molecule has 1 heterocycles. The maximum Gasteiger partial charge on any atom is 0.416 e. The fraction of sp³-hybridized carbons (Fsp3) is 0.231. The average Bonchev–Trinajstić information content (AvgIpc) is 2.66. The highest BCUT2D eigenvalue weighted by Crippen LogP contribution is 2.32. The fourth-order valence-corrected chi connectivity index (χ4v) is 2.21. The minimum Gasteiger partial charge on any atom is -0.319 e. The number of amides is 1. The van der Waals surface area contributed by atoms with Crippen LogP contribution in [0.1, 0.15) is 21.6 Å². The van der Waals surface area contributed by atoms with Crippen molar-refractivity contribution < 1.29 is 18.0 Å². The molecule has 0 radical (unpaired) electrons. The standard InChI is InChI=1S/C13H11BrF3N3O/c1-7-11(6-20(2)19-7)18-12(21)9-5-8(13(15,16)17)3-4-10(9)14/h3-6H,1-2H3,(H,18,21). The van der Waals surface area contributed by atoms with Gasteiger partial charge in [0.15, 0.2) is 0 Å². The van der Waals surface area contributed by atoms with E-state index in [0.717, 1.165) is 12.1 Å². The number of aryl methyl sites for hydroxylation is 2. The summed E-state index contributed by atoms with van der Waals surface area (Å²) in [6.45, 7) is 1.69. The third kappa shape index (κ3) is 3.44. The van der Waals surface area contributed by atoms with Crippen molar-refractivity contribution in [2.45, 2.75) is 13.1 Å². The topological polar surface area (TPSA) is 46.9 Å². The van der Waals surface area contributed by atoms with Gasteiger partial charge < -0.3 is 5.32 Å². The lowest BCUT2D eigenvalue weighted by Gasteiger charge is -2.10. The van der Waals surface area contributed by atoms with Gasteiger partial charge in [0.25, 0.3) is 5.91 Å². The lowest BCUT2D eigenvalue weighted by atomic mass is 10.1. The van der Waals surface area contributed by atoms with E-state index in [0.29, 0.717) is 11.4 Å². The number of benzene rings is 1. The first-order valence-electron chi connectivity index (χ1n) is 5.87. The number of carbonyl (C=O) groups excluding carboxylic acids is 1. The van der Waals surface area contributed by atoms with Crippen LogP contribution in [0.25, 0.3) is 0 Å². The summed E-state index contributed by atoms with van der Waals surface area (Å²) in [5, 5.41) is 6.59. The van der Waals surface area contributed by atoms with E-state index in [9.17, 15) is 18.0 Å². The molecule has 0 fully saturated rings. The average molecular weight is 362 g/mol. The number of halogens is 4. The van der Waals surface area contributed by atoms with Crippen LogP contribution in [0.3, 0.4) is 0 Å². The second kappa shape index (κ2) is 5.51. The Hall–Kier alpha value is -1.83. The molecule has 0 spiro atoms. The van der Waals surface area contributed by atoms with Gasteiger partial charge in [0, 0.05) is 17.7 Å². The van der Waals surface area contributed by atoms with Crippen LogP contribution in [0.4, 0.5) is 18.9 Å². The molecule has 1 aromatic carbocycles. The number of aromatic nitrogens is 2. The van der Waals surface area contributed by atoms with Gasteiger partial charge in [0.2, 0.25) is 0 Å². The molecule has 0 aliphatic heterocycles. The Kier molecular flexibility index (Phi) is 4.08. The maximum atomic E-state index is 12.7. The molecule has 2 aromatic rings. The Bertz CT molecular complexity index is 694. The Balaban J connectivity index is 2.33. The monoisotopic (exact) mass is 361 g/mol. The summed E-state index contributed by atoms with van der Waals surface area (Å²) in [5.74, 6) is -0.635. The molecular weight excluding hydrogens is 351 g/mol. The lowest BCUT2D eigenvalue weighted by Crippen LogP contribution is -2.15. The van der Waals surface area contributed by atoms with Gasteiger partial charge in [0.05, 0.1) is 22.5 Å². The number of carbonyl (C=O) groups is 1. The number of hydrogen-bond donors (Lipinski definition) is 1. The molecule has 0 unspecified atom stereocenters. The zero-order valence-electron chi connectivity index (χ0n) is 11.1. The van der Waals surface area contributed by atoms with Gasteiger partial charge in [-0.1, -0.05) is 0 Å². The zero-order chi connectivity index (χ0) is 15.8. The first-order valence-corrected chi connectivity index (χ1v) is 6.66. The van der Waals surface area contributed by atoms with Crippen LogP contribution in [0, 0.1) is 6.92 Å². The summed E-state index contributed by atoms with van der Waals surface area (Å²) < 4.78 is 39.9. The van der Waals surface area contributed by atoms with Gasteiger partial charge in [-0.25, -0.2) is 0 Å². The van der Waals surface area contributed by atoms with Crippen molar-refractivity contribution in [2.24, 2.45) is 7.05 Å². The van der Waals surface area contributed by atoms with Gasteiger partial charge in [-0.3, -0.25) is 9.48 Å². The maximum absolute atomic E-state index is 12.7. The SMILES string of the molecule is Cc1nn(C)cc1NC(=O)c1cc(C(F)(F)F)ccc1Br. The van der Waals surface area contributed by atoms with Crippen LogP contribution >= 0.6 is 15.9 Å². The molecule has 4 nitrogen and oxygen atoms in total. The summed E-state index contributed by atoms with van der Waals surface area (Å²) in [7, 11) is 1.68. The predicted octanol–water partition coefficient (Wildman–Crippen LogP) is 3.76. The Labute approximate surface area is 127 Å². The van der Waals surface area contributed by atoms with Crippen LogP contribution in [-0.2, 0) is 13.2 Å². The highest BCUT2D eigenvalue weighted by atomic mass is 79.9. The summed E-state index contributed by atoms with van der Waals surface area (Å²) in [6, 6.07) is 2.93. The van der Waals surface area contributed by atoms with Crippen LogP contribution < -0.4 is 5.32 Å². The van der Waals surface area contributed by atoms with E-state index in [2.05, 4.69) is 26.3 Å². The Morgan fingerprint density at radius 1 is 1.38 bits per heavy atom. The van der Waals surface area contributed by atoms with Crippen molar-refractivity contribution in [1.82, 2.24) is 9.78 Å². The van der Waals surface area contributed by atoms with E-state index >= 15 is 0 Å². The molecule has 0 saturated heterocycles. The Morgan fingerprint density at radius 3 is 2.57 bits per heavy atom. The number of alkyl halides is 3. The van der Waals surface area contributed by atoms with Crippen molar-refractivity contribution in [3.05, 3.63) is 45.7 Å². The summed E-state index contributed by atoms with van der Waals surface area (Å²) in [6.07, 6.45) is -2.92. The van der Waals surface area contributed by atoms with Gasteiger partial charge in [-0.05, 0) is 41.1 Å². The molecule has 112 valence electrons. The van der Waals surface area contributed by atoms with E-state index in [-0.39, 0.29) is 10.0 Å². The number of anilines is 1. The van der Waals surface area contributed by atoms with Crippen LogP contribution in [0.15, 0.2) is 28.9 Å². The third-order valence-electron chi connectivity index (χ3n) is 2.80. The van der Waals surface area contributed by atoms with Crippen molar-refractivity contribution in [3.63, 3.8) is 0 Å². The van der Waals surface area contributed by atoms with Gasteiger partial charge in [-0.2, -0.15) is 18.3 Å². The van der Waals surface area contributed by atoms with Crippen molar-refractivity contribution >= 4 is 27.5 Å². The van der Waals surface area contributed by atoms with Crippen molar-refractivity contribution in [1.29, 1.82) is 0 Å². The second-order valence-corrected chi connectivity index (χ2v) is 5.30. The highest BCUT2D eigenvalue weighted by molar-refractivity contribution is 9.10. The highest BCUT2D eigenvalue weighted by Gasteiger charge is 2.31. The van der Waals surface area contributed by atoms with E-state index in [1.165, 1.54) is 10.7 Å². The summed E-state index contributed by atoms with van der Waals surface area (Å²) >= 11 is 3.09. The number of nitrogens with zero attached hydrogens (tertiary/aromatic N) is 2. The van der Waals surface area contributed by atoms with Gasteiger partial charge >= 0.3 is 6.18 Å². The van der Waals surface area contributed by atoms with Gasteiger partial charge in [-0.15, -0.1) is 0 Å². The summed E-state index contributed by atoms with van der Waals surface area (Å²) in [5.41, 5.74) is 0.0626. The Morgan fingerprint density at radius 2 is 2.05 bits per heavy atom. The molecule has 0 bridgehead atoms. The van der Waals surface area contributed by atoms with Crippen LogP contribution in [-0.4, -0.2) is 15.7 Å². The smallest absolute Gasteiger partial charge is 0.319 e. The minimum atomic E-state index is -4.50. The van der Waals surface area contributed by atoms with E-state index in [1.807, 2.05) is 0 Å². The van der Waals surface area contributed by atoms with E-state index < -0.39 is 17.6 Å². The fourth-order valence-electron chi connectivity index (χ4n) is 1.79. The largest absolute Gasteiger partial charge is 0.416 e. The first-order chi connectivity index (χ1) is 9.68. The quantitative estimate of drug-likeness (QED) is 0.884. The normalized spacial score (nSPS) is 11.5. The van der Waals surface area contributed by atoms with Crippen molar-refractivity contribution in [2.75, 3.05) is 5.32 Å². The van der Waals surface area contributed by atoms with Crippen molar-refractivity contribution in [3.8, 4) is 0 Å². The van der Waals surface area contributed by atoms with Crippen LogP contribution in [0.5, 0.6) is 0 Å². The second-order valence-electron chi connectivity index (χ2n) is 4.45. The molecule has 8 heteroatoms. The number of rotatable bonds is 2. The molecule has 2 rings (SSSR count). The molecule has 1 aromatic heterocycles. The predicted molar refractivity (Wildman–Crippen MR) is 75.0 cm³/mol. The molecule has 0 aliphatic rings. The third-order valence-corrected chi connectivity index (χ3v) is 3.49. The molecule has 1 N–H and O–H groups in total. The number of nitrogens with one attached hydrogen (secondary N) is 1. The van der Waals surface area contributed by atoms with E-state index in [4.69, 9.17) is 0 Å². The summed E-state index contributed by atoms with van der Waals surface area (Å²) in [4.78, 5) is 12.1. The molecule has 1 amide bonds. The molecule has 21 heavy (non-hydrogen) atoms. The molecular formula is C13H11BrF3N3O. The minimum absolute atomic E-state index is 0.0897. The van der Waals surface area contributed by atoms with E-state index in [1.54, 1.807) is 20.2 Å².